The highest BCUT2D eigenvalue weighted by Crippen LogP contribution is 2.00. The number of unbranched alkanes of at least 4 members (excludes halogenated alkanes) is 3. The van der Waals surface area contributed by atoms with Crippen LogP contribution in [0.5, 0.6) is 0 Å². The number of carbonyl (C=O) groups is 1. The molecule has 0 aromatic carbocycles. The zero-order valence-electron chi connectivity index (χ0n) is 13.1. The molecule has 0 aromatic rings. The topological polar surface area (TPSA) is 46.5 Å². The van der Waals surface area contributed by atoms with Gasteiger partial charge in [-0.25, -0.2) is 0 Å². The lowest BCUT2D eigenvalue weighted by Crippen LogP contribution is -1.92. The fraction of sp³-hybridized carbons (Fsp3) is 0.556. The minimum absolute atomic E-state index is 0.0199. The highest BCUT2D eigenvalue weighted by atomic mass is 16.5. The number of allylic oxidation sites excluding steroid dienone is 3. The van der Waals surface area contributed by atoms with Gasteiger partial charge in [-0.1, -0.05) is 44.1 Å². The Labute approximate surface area is 128 Å². The molecule has 21 heavy (non-hydrogen) atoms. The molecule has 0 fully saturated rings. The Kier molecular flexibility index (Phi) is 15.3. The molecule has 0 aliphatic rings. The molecule has 0 saturated heterocycles. The molecule has 0 rings (SSSR count). The maximum Gasteiger partial charge on any atom is 0.307 e. The fourth-order valence-corrected chi connectivity index (χ4v) is 1.58. The number of carboxylic acids is 1. The predicted molar refractivity (Wildman–Crippen MR) is 87.4 cm³/mol. The van der Waals surface area contributed by atoms with Crippen LogP contribution in [0.1, 0.15) is 51.9 Å². The first kappa shape index (κ1) is 19.4. The van der Waals surface area contributed by atoms with E-state index in [2.05, 4.69) is 30.9 Å². The van der Waals surface area contributed by atoms with Gasteiger partial charge in [0, 0.05) is 0 Å². The van der Waals surface area contributed by atoms with Gasteiger partial charge in [0.25, 0.3) is 0 Å². The molecule has 0 aliphatic heterocycles. The summed E-state index contributed by atoms with van der Waals surface area (Å²) in [6.45, 7) is 3.47. The number of carboxylic acid groups (broad SMARTS) is 1. The smallest absolute Gasteiger partial charge is 0.307 e. The van der Waals surface area contributed by atoms with Gasteiger partial charge in [0.05, 0.1) is 19.6 Å². The lowest BCUT2D eigenvalue weighted by atomic mass is 10.2. The van der Waals surface area contributed by atoms with Crippen LogP contribution in [0, 0.1) is 0 Å². The van der Waals surface area contributed by atoms with Gasteiger partial charge in [0.15, 0.2) is 0 Å². The largest absolute Gasteiger partial charge is 0.481 e. The monoisotopic (exact) mass is 292 g/mol. The van der Waals surface area contributed by atoms with E-state index in [1.165, 1.54) is 31.8 Å². The van der Waals surface area contributed by atoms with Crippen LogP contribution in [0.4, 0.5) is 0 Å². The second-order valence-corrected chi connectivity index (χ2v) is 4.71. The van der Waals surface area contributed by atoms with Crippen LogP contribution in [0.25, 0.3) is 0 Å². The first-order valence-corrected chi connectivity index (χ1v) is 7.76. The van der Waals surface area contributed by atoms with Gasteiger partial charge in [0.1, 0.15) is 0 Å². The Hall–Kier alpha value is -1.57. The van der Waals surface area contributed by atoms with Crippen molar-refractivity contribution in [1.29, 1.82) is 0 Å². The molecule has 3 nitrogen and oxygen atoms in total. The van der Waals surface area contributed by atoms with Crippen molar-refractivity contribution < 1.29 is 14.6 Å². The van der Waals surface area contributed by atoms with E-state index < -0.39 is 5.97 Å². The van der Waals surface area contributed by atoms with Crippen LogP contribution < -0.4 is 0 Å². The number of hydrogen-bond acceptors (Lipinski definition) is 2. The molecule has 0 aromatic heterocycles. The van der Waals surface area contributed by atoms with Crippen molar-refractivity contribution in [3.8, 4) is 0 Å². The first-order chi connectivity index (χ1) is 10.3. The SMILES string of the molecule is CCCCCC=CCC=CCOCCC=C=CCC(=O)O. The quantitative estimate of drug-likeness (QED) is 0.305. The Morgan fingerprint density at radius 3 is 2.67 bits per heavy atom. The van der Waals surface area contributed by atoms with Crippen molar-refractivity contribution in [3.63, 3.8) is 0 Å². The molecule has 0 atom stereocenters. The second kappa shape index (κ2) is 16.5. The van der Waals surface area contributed by atoms with Gasteiger partial charge in [-0.3, -0.25) is 4.79 Å². The number of ether oxygens (including phenoxy) is 1. The van der Waals surface area contributed by atoms with Crippen LogP contribution in [-0.2, 0) is 9.53 Å². The fourth-order valence-electron chi connectivity index (χ4n) is 1.58. The third kappa shape index (κ3) is 18.4. The number of rotatable bonds is 13. The van der Waals surface area contributed by atoms with Crippen molar-refractivity contribution in [2.45, 2.75) is 51.9 Å². The maximum atomic E-state index is 10.2. The average Bonchev–Trinajstić information content (AvgIpc) is 2.46. The molecule has 118 valence electrons. The normalized spacial score (nSPS) is 10.9. The molecule has 0 bridgehead atoms. The van der Waals surface area contributed by atoms with Crippen LogP contribution in [0.3, 0.4) is 0 Å². The summed E-state index contributed by atoms with van der Waals surface area (Å²) in [7, 11) is 0. The van der Waals surface area contributed by atoms with Crippen LogP contribution in [0.15, 0.2) is 42.2 Å². The summed E-state index contributed by atoms with van der Waals surface area (Å²) in [4.78, 5) is 10.2. The van der Waals surface area contributed by atoms with E-state index in [-0.39, 0.29) is 6.42 Å². The number of hydrogen-bond donors (Lipinski definition) is 1. The molecule has 0 radical (unpaired) electrons. The minimum atomic E-state index is -0.836. The highest BCUT2D eigenvalue weighted by molar-refractivity contribution is 5.68. The summed E-state index contributed by atoms with van der Waals surface area (Å²) in [5.74, 6) is -0.836. The molecular weight excluding hydrogens is 264 g/mol. The summed E-state index contributed by atoms with van der Waals surface area (Å²) in [6, 6.07) is 0. The van der Waals surface area contributed by atoms with Crippen molar-refractivity contribution in [2.24, 2.45) is 0 Å². The van der Waals surface area contributed by atoms with Crippen LogP contribution in [-0.4, -0.2) is 24.3 Å². The van der Waals surface area contributed by atoms with E-state index in [9.17, 15) is 4.79 Å². The third-order valence-corrected chi connectivity index (χ3v) is 2.71. The van der Waals surface area contributed by atoms with Crippen molar-refractivity contribution >= 4 is 5.97 Å². The van der Waals surface area contributed by atoms with E-state index in [4.69, 9.17) is 9.84 Å². The zero-order chi connectivity index (χ0) is 15.6. The van der Waals surface area contributed by atoms with Gasteiger partial charge in [-0.05, 0) is 37.8 Å². The molecule has 3 heteroatoms. The Morgan fingerprint density at radius 2 is 1.90 bits per heavy atom. The van der Waals surface area contributed by atoms with Crippen LogP contribution in [0.2, 0.25) is 0 Å². The van der Waals surface area contributed by atoms with E-state index in [1.54, 1.807) is 6.08 Å². The summed E-state index contributed by atoms with van der Waals surface area (Å²) < 4.78 is 5.41. The average molecular weight is 292 g/mol. The molecule has 0 amide bonds. The van der Waals surface area contributed by atoms with Crippen molar-refractivity contribution in [3.05, 3.63) is 42.2 Å². The Morgan fingerprint density at radius 1 is 1.10 bits per heavy atom. The summed E-state index contributed by atoms with van der Waals surface area (Å²) >= 11 is 0. The maximum absolute atomic E-state index is 10.2. The molecule has 0 saturated carbocycles. The summed E-state index contributed by atoms with van der Waals surface area (Å²) in [5, 5.41) is 8.41. The molecule has 0 heterocycles. The lowest BCUT2D eigenvalue weighted by Gasteiger charge is -1.95. The van der Waals surface area contributed by atoms with Gasteiger partial charge in [0.2, 0.25) is 0 Å². The highest BCUT2D eigenvalue weighted by Gasteiger charge is 1.87. The first-order valence-electron chi connectivity index (χ1n) is 7.76. The minimum Gasteiger partial charge on any atom is -0.481 e. The van der Waals surface area contributed by atoms with Gasteiger partial charge in [-0.15, -0.1) is 5.73 Å². The van der Waals surface area contributed by atoms with E-state index in [0.29, 0.717) is 13.2 Å². The molecule has 0 aliphatic carbocycles. The van der Waals surface area contributed by atoms with Gasteiger partial charge >= 0.3 is 5.97 Å². The van der Waals surface area contributed by atoms with Crippen molar-refractivity contribution in [1.82, 2.24) is 0 Å². The lowest BCUT2D eigenvalue weighted by molar-refractivity contribution is -0.135. The van der Waals surface area contributed by atoms with E-state index in [1.807, 2.05) is 6.08 Å². The molecule has 1 N–H and O–H groups in total. The van der Waals surface area contributed by atoms with E-state index >= 15 is 0 Å². The second-order valence-electron chi connectivity index (χ2n) is 4.71. The molecular formula is C18H28O3. The van der Waals surface area contributed by atoms with E-state index in [0.717, 1.165) is 12.8 Å². The standard InChI is InChI=1S/C18H28O3/c1-2-3-4-5-6-7-8-10-13-16-21-17-14-11-9-12-15-18(19)20/h6-7,10-13H,2-5,8,14-17H2,1H3,(H,19,20). The molecule has 0 spiro atoms. The summed E-state index contributed by atoms with van der Waals surface area (Å²) in [6.07, 6.45) is 18.7. The third-order valence-electron chi connectivity index (χ3n) is 2.71. The molecule has 0 unspecified atom stereocenters. The van der Waals surface area contributed by atoms with Crippen LogP contribution >= 0.6 is 0 Å². The Balaban J connectivity index is 3.36. The summed E-state index contributed by atoms with van der Waals surface area (Å²) in [5.41, 5.74) is 2.82. The van der Waals surface area contributed by atoms with Crippen molar-refractivity contribution in [2.75, 3.05) is 13.2 Å². The van der Waals surface area contributed by atoms with Gasteiger partial charge < -0.3 is 9.84 Å². The zero-order valence-corrected chi connectivity index (χ0v) is 13.1. The predicted octanol–water partition coefficient (Wildman–Crippen LogP) is 4.66. The van der Waals surface area contributed by atoms with Gasteiger partial charge in [-0.2, -0.15) is 0 Å². The number of aliphatic carboxylic acids is 1. The Bertz CT molecular complexity index is 361.